The highest BCUT2D eigenvalue weighted by atomic mass is 16.5. The van der Waals surface area contributed by atoms with Gasteiger partial charge in [-0.05, 0) is 37.9 Å². The van der Waals surface area contributed by atoms with Gasteiger partial charge in [0.1, 0.15) is 12.4 Å². The van der Waals surface area contributed by atoms with E-state index in [1.807, 2.05) is 61.5 Å². The summed E-state index contributed by atoms with van der Waals surface area (Å²) in [5.74, 6) is 0.597. The van der Waals surface area contributed by atoms with E-state index in [0.29, 0.717) is 18.9 Å². The zero-order chi connectivity index (χ0) is 23.9. The second-order valence-corrected chi connectivity index (χ2v) is 8.29. The number of nitrogens with zero attached hydrogens (tertiary/aromatic N) is 4. The molecule has 3 aromatic heterocycles. The van der Waals surface area contributed by atoms with Gasteiger partial charge in [-0.25, -0.2) is 0 Å². The minimum atomic E-state index is -0.0510. The van der Waals surface area contributed by atoms with Crippen molar-refractivity contribution in [1.82, 2.24) is 24.8 Å². The quantitative estimate of drug-likeness (QED) is 0.382. The van der Waals surface area contributed by atoms with Gasteiger partial charge in [0.25, 0.3) is 0 Å². The number of hydrogen-bond donors (Lipinski definition) is 1. The normalized spacial score (nSPS) is 11.4. The van der Waals surface area contributed by atoms with E-state index in [-0.39, 0.29) is 5.91 Å². The molecule has 0 saturated carbocycles. The predicted octanol–water partition coefficient (Wildman–Crippen LogP) is 4.25. The predicted molar refractivity (Wildman–Crippen MR) is 136 cm³/mol. The molecule has 4 aromatic rings. The molecule has 1 N–H and O–H groups in total. The third-order valence-electron chi connectivity index (χ3n) is 5.46. The molecule has 0 aliphatic heterocycles. The first kappa shape index (κ1) is 23.2. The molecule has 0 atom stereocenters. The highest BCUT2D eigenvalue weighted by Gasteiger charge is 2.19. The van der Waals surface area contributed by atoms with Crippen LogP contribution in [0.2, 0.25) is 0 Å². The summed E-state index contributed by atoms with van der Waals surface area (Å²) >= 11 is 0. The Morgan fingerprint density at radius 1 is 1.06 bits per heavy atom. The summed E-state index contributed by atoms with van der Waals surface area (Å²) in [4.78, 5) is 28.4. The Hall–Kier alpha value is -3.97. The number of carbonyl (C=O) groups excluding carboxylic acids is 1. The highest BCUT2D eigenvalue weighted by Crippen LogP contribution is 2.40. The monoisotopic (exact) mass is 455 g/mol. The molecule has 0 bridgehead atoms. The molecule has 0 aliphatic carbocycles. The number of pyridine rings is 2. The minimum Gasteiger partial charge on any atom is -0.489 e. The van der Waals surface area contributed by atoms with Gasteiger partial charge in [-0.3, -0.25) is 14.8 Å². The van der Waals surface area contributed by atoms with Gasteiger partial charge in [0.15, 0.2) is 0 Å². The van der Waals surface area contributed by atoms with Crippen molar-refractivity contribution >= 4 is 16.9 Å². The maximum absolute atomic E-state index is 12.3. The van der Waals surface area contributed by atoms with E-state index in [4.69, 9.17) is 4.74 Å². The Labute approximate surface area is 199 Å². The average molecular weight is 456 g/mol. The van der Waals surface area contributed by atoms with Gasteiger partial charge in [-0.15, -0.1) is 0 Å². The SMILES string of the molecule is CN(C)C/C=C/C(=O)N(C)CCOc1cnccc1-c1[nH]c2cccnc2c1-c1ccccc1. The fourth-order valence-corrected chi connectivity index (χ4v) is 3.70. The van der Waals surface area contributed by atoms with Gasteiger partial charge in [-0.2, -0.15) is 0 Å². The third-order valence-corrected chi connectivity index (χ3v) is 5.46. The number of likely N-dealkylation sites (N-methyl/N-ethyl adjacent to an activating group) is 2. The number of rotatable bonds is 9. The zero-order valence-corrected chi connectivity index (χ0v) is 19.7. The molecule has 1 amide bonds. The van der Waals surface area contributed by atoms with Gasteiger partial charge in [-0.1, -0.05) is 36.4 Å². The molecule has 0 aliphatic rings. The molecule has 0 radical (unpaired) electrons. The Morgan fingerprint density at radius 2 is 1.88 bits per heavy atom. The second-order valence-electron chi connectivity index (χ2n) is 8.29. The van der Waals surface area contributed by atoms with Crippen LogP contribution in [-0.4, -0.2) is 71.5 Å². The summed E-state index contributed by atoms with van der Waals surface area (Å²) in [6, 6.07) is 16.1. The number of hydrogen-bond acceptors (Lipinski definition) is 5. The Balaban J connectivity index is 1.57. The number of aromatic nitrogens is 3. The van der Waals surface area contributed by atoms with E-state index in [0.717, 1.165) is 40.0 Å². The summed E-state index contributed by atoms with van der Waals surface area (Å²) in [6.07, 6.45) is 8.71. The van der Waals surface area contributed by atoms with E-state index < -0.39 is 0 Å². The van der Waals surface area contributed by atoms with Crippen LogP contribution in [0.25, 0.3) is 33.4 Å². The van der Waals surface area contributed by atoms with Crippen LogP contribution in [0.15, 0.2) is 79.3 Å². The summed E-state index contributed by atoms with van der Waals surface area (Å²) in [6.45, 7) is 1.53. The third kappa shape index (κ3) is 5.32. The van der Waals surface area contributed by atoms with Crippen LogP contribution in [0.1, 0.15) is 0 Å². The summed E-state index contributed by atoms with van der Waals surface area (Å²) < 4.78 is 6.11. The van der Waals surface area contributed by atoms with Gasteiger partial charge in [0.2, 0.25) is 5.91 Å². The van der Waals surface area contributed by atoms with Crippen LogP contribution in [0.4, 0.5) is 0 Å². The molecule has 7 nitrogen and oxygen atoms in total. The standard InChI is InChI=1S/C27H29N5O2/c1-31(2)16-8-12-24(33)32(3)17-18-34-23-19-28-15-13-21(23)26-25(20-9-5-4-6-10-20)27-22(30-26)11-7-14-29-27/h4-15,19,30H,16-18H2,1-3H3/b12-8+. The first-order chi connectivity index (χ1) is 16.5. The van der Waals surface area contributed by atoms with E-state index in [9.17, 15) is 4.79 Å². The number of fused-ring (bicyclic) bond motifs is 1. The number of nitrogens with one attached hydrogen (secondary N) is 1. The number of H-pyrrole nitrogens is 1. The van der Waals surface area contributed by atoms with E-state index in [1.165, 1.54) is 0 Å². The van der Waals surface area contributed by atoms with E-state index >= 15 is 0 Å². The number of benzene rings is 1. The molecular formula is C27H29N5O2. The molecule has 1 aromatic carbocycles. The van der Waals surface area contributed by atoms with Crippen LogP contribution in [0, 0.1) is 0 Å². The smallest absolute Gasteiger partial charge is 0.246 e. The molecule has 4 rings (SSSR count). The van der Waals surface area contributed by atoms with Crippen LogP contribution < -0.4 is 4.74 Å². The van der Waals surface area contributed by atoms with Gasteiger partial charge < -0.3 is 19.5 Å². The van der Waals surface area contributed by atoms with Crippen molar-refractivity contribution < 1.29 is 9.53 Å². The van der Waals surface area contributed by atoms with Crippen LogP contribution in [0.5, 0.6) is 5.75 Å². The lowest BCUT2D eigenvalue weighted by Gasteiger charge is -2.17. The fourth-order valence-electron chi connectivity index (χ4n) is 3.70. The summed E-state index contributed by atoms with van der Waals surface area (Å²) in [5, 5.41) is 0. The first-order valence-corrected chi connectivity index (χ1v) is 11.2. The van der Waals surface area contributed by atoms with Crippen LogP contribution in [-0.2, 0) is 4.79 Å². The molecular weight excluding hydrogens is 426 g/mol. The molecule has 0 unspecified atom stereocenters. The second kappa shape index (κ2) is 10.8. The van der Waals surface area contributed by atoms with Crippen molar-refractivity contribution in [2.24, 2.45) is 0 Å². The van der Waals surface area contributed by atoms with Gasteiger partial charge in [0.05, 0.1) is 29.5 Å². The molecule has 7 heteroatoms. The number of aromatic amines is 1. The van der Waals surface area contributed by atoms with Crippen molar-refractivity contribution in [2.75, 3.05) is 40.8 Å². The molecule has 3 heterocycles. The Bertz CT molecular complexity index is 1280. The van der Waals surface area contributed by atoms with Crippen molar-refractivity contribution in [3.05, 3.63) is 79.3 Å². The van der Waals surface area contributed by atoms with Crippen LogP contribution in [0.3, 0.4) is 0 Å². The average Bonchev–Trinajstić information content (AvgIpc) is 3.24. The summed E-state index contributed by atoms with van der Waals surface area (Å²) in [7, 11) is 5.70. The lowest BCUT2D eigenvalue weighted by Crippen LogP contribution is -2.29. The number of carbonyl (C=O) groups is 1. The minimum absolute atomic E-state index is 0.0510. The lowest BCUT2D eigenvalue weighted by molar-refractivity contribution is -0.125. The molecule has 0 spiro atoms. The first-order valence-electron chi connectivity index (χ1n) is 11.2. The molecule has 0 saturated heterocycles. The number of ether oxygens (including phenoxy) is 1. The Kier molecular flexibility index (Phi) is 7.34. The van der Waals surface area contributed by atoms with E-state index in [2.05, 4.69) is 27.1 Å². The maximum Gasteiger partial charge on any atom is 0.246 e. The summed E-state index contributed by atoms with van der Waals surface area (Å²) in [5.41, 5.74) is 5.76. The molecule has 174 valence electrons. The van der Waals surface area contributed by atoms with Crippen molar-refractivity contribution in [3.63, 3.8) is 0 Å². The maximum atomic E-state index is 12.3. The van der Waals surface area contributed by atoms with Crippen molar-refractivity contribution in [2.45, 2.75) is 0 Å². The number of amides is 1. The van der Waals surface area contributed by atoms with Crippen LogP contribution >= 0.6 is 0 Å². The van der Waals surface area contributed by atoms with Crippen molar-refractivity contribution in [3.8, 4) is 28.1 Å². The molecule has 0 fully saturated rings. The van der Waals surface area contributed by atoms with Crippen molar-refractivity contribution in [1.29, 1.82) is 0 Å². The highest BCUT2D eigenvalue weighted by molar-refractivity contribution is 6.02. The van der Waals surface area contributed by atoms with Gasteiger partial charge in [0, 0.05) is 43.2 Å². The zero-order valence-electron chi connectivity index (χ0n) is 19.7. The topological polar surface area (TPSA) is 74.3 Å². The lowest BCUT2D eigenvalue weighted by atomic mass is 10.0. The van der Waals surface area contributed by atoms with Gasteiger partial charge >= 0.3 is 0 Å². The molecule has 34 heavy (non-hydrogen) atoms. The Morgan fingerprint density at radius 3 is 2.68 bits per heavy atom. The van der Waals surface area contributed by atoms with E-state index in [1.54, 1.807) is 36.6 Å². The fraction of sp³-hybridized carbons (Fsp3) is 0.222. The largest absolute Gasteiger partial charge is 0.489 e.